The van der Waals surface area contributed by atoms with Crippen LogP contribution in [0.25, 0.3) is 0 Å². The lowest BCUT2D eigenvalue weighted by atomic mass is 10.0. The molecule has 0 bridgehead atoms. The Balaban J connectivity index is 1.19. The molecule has 9 heteroatoms. The molecule has 5 nitrogen and oxygen atoms in total. The van der Waals surface area contributed by atoms with Crippen molar-refractivity contribution in [1.29, 1.82) is 0 Å². The first-order valence-corrected chi connectivity index (χ1v) is 13.5. The summed E-state index contributed by atoms with van der Waals surface area (Å²) in [6, 6.07) is 17.7. The number of fused-ring (bicyclic) bond motifs is 1. The van der Waals surface area contributed by atoms with Crippen molar-refractivity contribution in [3.8, 4) is 0 Å². The van der Waals surface area contributed by atoms with Gasteiger partial charge in [0.1, 0.15) is 5.82 Å². The van der Waals surface area contributed by atoms with E-state index >= 15 is 0 Å². The first kappa shape index (κ1) is 25.2. The molecule has 36 heavy (non-hydrogen) atoms. The predicted molar refractivity (Wildman–Crippen MR) is 141 cm³/mol. The number of halogens is 3. The van der Waals surface area contributed by atoms with Gasteiger partial charge in [0.2, 0.25) is 0 Å². The Morgan fingerprint density at radius 1 is 0.972 bits per heavy atom. The number of benzene rings is 2. The molecule has 2 saturated heterocycles. The fourth-order valence-corrected chi connectivity index (χ4v) is 6.47. The minimum Gasteiger partial charge on any atom is -0.344 e. The van der Waals surface area contributed by atoms with E-state index in [4.69, 9.17) is 23.2 Å². The van der Waals surface area contributed by atoms with Crippen LogP contribution in [-0.2, 0) is 0 Å². The average molecular weight is 546 g/mol. The van der Waals surface area contributed by atoms with E-state index in [2.05, 4.69) is 10.2 Å². The van der Waals surface area contributed by atoms with Gasteiger partial charge >= 0.3 is 0 Å². The molecule has 0 spiro atoms. The van der Waals surface area contributed by atoms with Gasteiger partial charge in [0.05, 0.1) is 25.8 Å². The number of carbonyl (C=O) groups excluding carboxylic acids is 2. The highest BCUT2D eigenvalue weighted by molar-refractivity contribution is 7.18. The van der Waals surface area contributed by atoms with Crippen LogP contribution in [0.1, 0.15) is 38.1 Å². The van der Waals surface area contributed by atoms with Gasteiger partial charge in [-0.1, -0.05) is 59.6 Å². The van der Waals surface area contributed by atoms with Gasteiger partial charge < -0.3 is 15.1 Å². The van der Waals surface area contributed by atoms with E-state index in [1.165, 1.54) is 23.5 Å². The van der Waals surface area contributed by atoms with Crippen molar-refractivity contribution in [2.45, 2.75) is 12.5 Å². The summed E-state index contributed by atoms with van der Waals surface area (Å²) in [6.07, 6.45) is 0.766. The highest BCUT2D eigenvalue weighted by Gasteiger charge is 2.42. The van der Waals surface area contributed by atoms with E-state index in [0.717, 1.165) is 31.6 Å². The number of carbonyl (C=O) groups is 2. The molecule has 2 aliphatic rings. The molecule has 3 heterocycles. The lowest BCUT2D eigenvalue weighted by Gasteiger charge is -2.25. The summed E-state index contributed by atoms with van der Waals surface area (Å²) < 4.78 is 14.8. The smallest absolute Gasteiger partial charge is 0.261 e. The lowest BCUT2D eigenvalue weighted by Crippen LogP contribution is -2.35. The fraction of sp³-hybridized carbons (Fsp3) is 0.333. The molecule has 0 radical (unpaired) electrons. The minimum atomic E-state index is -0.579. The quantitative estimate of drug-likeness (QED) is 0.410. The number of hydrogen-bond acceptors (Lipinski definition) is 4. The van der Waals surface area contributed by atoms with Gasteiger partial charge in [0, 0.05) is 32.7 Å². The first-order chi connectivity index (χ1) is 17.4. The van der Waals surface area contributed by atoms with Crippen molar-refractivity contribution >= 4 is 46.4 Å². The van der Waals surface area contributed by atoms with E-state index in [-0.39, 0.29) is 28.4 Å². The van der Waals surface area contributed by atoms with Gasteiger partial charge in [-0.05, 0) is 48.1 Å². The second kappa shape index (κ2) is 10.9. The van der Waals surface area contributed by atoms with Crippen LogP contribution < -0.4 is 5.32 Å². The van der Waals surface area contributed by atoms with E-state index in [1.54, 1.807) is 23.1 Å². The second-order valence-corrected chi connectivity index (χ2v) is 11.5. The molecule has 188 valence electrons. The molecule has 2 aromatic carbocycles. The van der Waals surface area contributed by atoms with Gasteiger partial charge in [-0.25, -0.2) is 4.39 Å². The summed E-state index contributed by atoms with van der Waals surface area (Å²) in [7, 11) is 0. The van der Waals surface area contributed by atoms with Crippen molar-refractivity contribution < 1.29 is 14.0 Å². The number of likely N-dealkylation sites (tertiary alicyclic amines) is 2. The molecule has 2 unspecified atom stereocenters. The SMILES string of the molecule is O=C(N[C@@H](CCN1CC2CN(C(=O)c3c(F)cccc3Cl)CC2C1)c1ccccc1)c1ccc(Cl)s1. The number of thiophene rings is 1. The Bertz CT molecular complexity index is 1220. The van der Waals surface area contributed by atoms with Crippen LogP contribution in [0.3, 0.4) is 0 Å². The van der Waals surface area contributed by atoms with Crippen LogP contribution >= 0.6 is 34.5 Å². The van der Waals surface area contributed by atoms with Crippen LogP contribution in [0, 0.1) is 17.7 Å². The standard InChI is InChI=1S/C27H26Cl2FN3O2S/c28-20-7-4-8-21(30)25(20)27(35)33-15-18-13-32(14-19(18)16-33)12-11-22(17-5-2-1-3-6-17)31-26(34)23-9-10-24(29)36-23/h1-10,18-19,22H,11-16H2,(H,31,34)/t18?,19?,22-/m0/s1. The summed E-state index contributed by atoms with van der Waals surface area (Å²) in [5.41, 5.74) is 1.02. The molecule has 2 fully saturated rings. The average Bonchev–Trinajstić information content (AvgIpc) is 3.57. The zero-order valence-corrected chi connectivity index (χ0v) is 21.8. The molecule has 1 aromatic heterocycles. The minimum absolute atomic E-state index is 0.0375. The van der Waals surface area contributed by atoms with Crippen molar-refractivity contribution in [3.63, 3.8) is 0 Å². The molecule has 3 atom stereocenters. The van der Waals surface area contributed by atoms with E-state index in [0.29, 0.717) is 34.1 Å². The molecular formula is C27H26Cl2FN3O2S. The number of rotatable bonds is 7. The maximum absolute atomic E-state index is 14.2. The maximum Gasteiger partial charge on any atom is 0.261 e. The second-order valence-electron chi connectivity index (χ2n) is 9.42. The van der Waals surface area contributed by atoms with E-state index < -0.39 is 5.82 Å². The molecule has 0 aliphatic carbocycles. The molecular weight excluding hydrogens is 520 g/mol. The first-order valence-electron chi connectivity index (χ1n) is 12.0. The van der Waals surface area contributed by atoms with Crippen LogP contribution in [0.15, 0.2) is 60.7 Å². The monoisotopic (exact) mass is 545 g/mol. The van der Waals surface area contributed by atoms with Crippen LogP contribution in [0.2, 0.25) is 9.36 Å². The Morgan fingerprint density at radius 2 is 1.69 bits per heavy atom. The summed E-state index contributed by atoms with van der Waals surface area (Å²) in [5, 5.41) is 3.32. The topological polar surface area (TPSA) is 52.7 Å². The van der Waals surface area contributed by atoms with Gasteiger partial charge in [-0.15, -0.1) is 11.3 Å². The molecule has 0 saturated carbocycles. The highest BCUT2D eigenvalue weighted by atomic mass is 35.5. The maximum atomic E-state index is 14.2. The molecule has 2 amide bonds. The van der Waals surface area contributed by atoms with Crippen molar-refractivity contribution in [2.24, 2.45) is 11.8 Å². The normalized spacial score (nSPS) is 20.4. The highest BCUT2D eigenvalue weighted by Crippen LogP contribution is 2.34. The Kier molecular flexibility index (Phi) is 7.62. The number of nitrogens with zero attached hydrogens (tertiary/aromatic N) is 2. The summed E-state index contributed by atoms with van der Waals surface area (Å²) in [6.45, 7) is 3.77. The van der Waals surface area contributed by atoms with Gasteiger partial charge in [-0.2, -0.15) is 0 Å². The lowest BCUT2D eigenvalue weighted by molar-refractivity contribution is 0.0769. The number of nitrogens with one attached hydrogen (secondary N) is 1. The zero-order valence-electron chi connectivity index (χ0n) is 19.5. The van der Waals surface area contributed by atoms with Gasteiger partial charge in [-0.3, -0.25) is 9.59 Å². The Labute approximate surface area is 223 Å². The molecule has 3 aromatic rings. The fourth-order valence-electron chi connectivity index (χ4n) is 5.28. The zero-order chi connectivity index (χ0) is 25.2. The van der Waals surface area contributed by atoms with Crippen molar-refractivity contribution in [2.75, 3.05) is 32.7 Å². The van der Waals surface area contributed by atoms with Crippen LogP contribution in [0.5, 0.6) is 0 Å². The predicted octanol–water partition coefficient (Wildman–Crippen LogP) is 5.76. The number of amides is 2. The van der Waals surface area contributed by atoms with E-state index in [9.17, 15) is 14.0 Å². The van der Waals surface area contributed by atoms with E-state index in [1.807, 2.05) is 30.3 Å². The van der Waals surface area contributed by atoms with Crippen molar-refractivity contribution in [1.82, 2.24) is 15.1 Å². The Morgan fingerprint density at radius 3 is 2.33 bits per heavy atom. The Hall–Kier alpha value is -2.45. The molecule has 1 N–H and O–H groups in total. The van der Waals surface area contributed by atoms with Crippen LogP contribution in [-0.4, -0.2) is 54.3 Å². The molecule has 2 aliphatic heterocycles. The third-order valence-electron chi connectivity index (χ3n) is 7.06. The largest absolute Gasteiger partial charge is 0.344 e. The van der Waals surface area contributed by atoms with Crippen molar-refractivity contribution in [3.05, 3.63) is 91.8 Å². The van der Waals surface area contributed by atoms with Crippen LogP contribution in [0.4, 0.5) is 4.39 Å². The summed E-state index contributed by atoms with van der Waals surface area (Å²) in [5.74, 6) is -0.348. The summed E-state index contributed by atoms with van der Waals surface area (Å²) in [4.78, 5) is 30.5. The summed E-state index contributed by atoms with van der Waals surface area (Å²) >= 11 is 13.4. The third-order valence-corrected chi connectivity index (χ3v) is 8.61. The van der Waals surface area contributed by atoms with Gasteiger partial charge in [0.15, 0.2) is 0 Å². The third kappa shape index (κ3) is 5.44. The van der Waals surface area contributed by atoms with Gasteiger partial charge in [0.25, 0.3) is 11.8 Å². The molecule has 5 rings (SSSR count). The number of hydrogen-bond donors (Lipinski definition) is 1.